The van der Waals surface area contributed by atoms with Crippen LogP contribution in [0.1, 0.15) is 31.2 Å². The summed E-state index contributed by atoms with van der Waals surface area (Å²) in [5, 5.41) is 3.35. The van der Waals surface area contributed by atoms with Crippen molar-refractivity contribution in [2.45, 2.75) is 42.0 Å². The first-order valence-corrected chi connectivity index (χ1v) is 12.1. The smallest absolute Gasteiger partial charge is 0.240 e. The third-order valence-corrected chi connectivity index (χ3v) is 8.17. The van der Waals surface area contributed by atoms with Crippen molar-refractivity contribution in [1.82, 2.24) is 4.72 Å². The fraction of sp³-hybridized carbons (Fsp3) is 0.364. The van der Waals surface area contributed by atoms with Crippen LogP contribution in [0.15, 0.2) is 57.9 Å². The highest BCUT2D eigenvalue weighted by Gasteiger charge is 2.50. The van der Waals surface area contributed by atoms with E-state index in [4.69, 9.17) is 4.74 Å². The Balaban J connectivity index is 1.60. The number of anilines is 1. The van der Waals surface area contributed by atoms with Gasteiger partial charge in [0.2, 0.25) is 10.0 Å². The van der Waals surface area contributed by atoms with Gasteiger partial charge < -0.3 is 10.1 Å². The molecule has 0 radical (unpaired) electrons. The summed E-state index contributed by atoms with van der Waals surface area (Å²) in [6.45, 7) is 4.53. The standard InChI is InChI=1S/C22H24BrFN2O3S/c1-14-4-3-5-20-22(14,18-12-15(23)13-19(24)21(18)26-20)10-11-25-30(27,28)17-8-6-16(29-2)7-9-17/h6-9,12-13,20,25-26H,1,3-5,10-11H2,2H3/t20-,22-/m0/s1. The number of hydrogen-bond donors (Lipinski definition) is 2. The maximum Gasteiger partial charge on any atom is 0.240 e. The molecule has 1 fully saturated rings. The minimum Gasteiger partial charge on any atom is -0.497 e. The van der Waals surface area contributed by atoms with Crippen LogP contribution in [0.5, 0.6) is 5.75 Å². The first kappa shape index (κ1) is 21.3. The Hall–Kier alpha value is -1.90. The summed E-state index contributed by atoms with van der Waals surface area (Å²) in [6.07, 6.45) is 3.21. The van der Waals surface area contributed by atoms with Gasteiger partial charge in [0.1, 0.15) is 11.6 Å². The Morgan fingerprint density at radius 1 is 1.33 bits per heavy atom. The van der Waals surface area contributed by atoms with E-state index in [0.717, 1.165) is 30.4 Å². The minimum absolute atomic E-state index is 0.00282. The van der Waals surface area contributed by atoms with Crippen molar-refractivity contribution in [3.63, 3.8) is 0 Å². The van der Waals surface area contributed by atoms with Gasteiger partial charge in [-0.1, -0.05) is 28.1 Å². The lowest BCUT2D eigenvalue weighted by atomic mass is 9.63. The van der Waals surface area contributed by atoms with E-state index in [2.05, 4.69) is 32.5 Å². The average molecular weight is 495 g/mol. The number of benzene rings is 2. The summed E-state index contributed by atoms with van der Waals surface area (Å²) < 4.78 is 48.6. The highest BCUT2D eigenvalue weighted by molar-refractivity contribution is 9.10. The molecular formula is C22H24BrFN2O3S. The monoisotopic (exact) mass is 494 g/mol. The molecule has 1 aliphatic heterocycles. The maximum absolute atomic E-state index is 14.6. The quantitative estimate of drug-likeness (QED) is 0.569. The van der Waals surface area contributed by atoms with Gasteiger partial charge in [-0.3, -0.25) is 0 Å². The van der Waals surface area contributed by atoms with Crippen molar-refractivity contribution in [3.05, 3.63) is 64.4 Å². The molecule has 0 aromatic heterocycles. The molecule has 1 heterocycles. The minimum atomic E-state index is -3.67. The molecule has 2 aliphatic rings. The van der Waals surface area contributed by atoms with Gasteiger partial charge >= 0.3 is 0 Å². The predicted octanol–water partition coefficient (Wildman–Crippen LogP) is 4.74. The van der Waals surface area contributed by atoms with E-state index < -0.39 is 15.4 Å². The highest BCUT2D eigenvalue weighted by atomic mass is 79.9. The molecule has 2 aromatic rings. The average Bonchev–Trinajstić information content (AvgIpc) is 3.04. The van der Waals surface area contributed by atoms with E-state index in [9.17, 15) is 12.8 Å². The molecule has 1 aliphatic carbocycles. The molecule has 0 amide bonds. The van der Waals surface area contributed by atoms with Crippen LogP contribution in [-0.4, -0.2) is 28.1 Å². The van der Waals surface area contributed by atoms with Crippen molar-refractivity contribution in [1.29, 1.82) is 0 Å². The third kappa shape index (κ3) is 3.55. The molecule has 0 bridgehead atoms. The Morgan fingerprint density at radius 3 is 2.77 bits per heavy atom. The Labute approximate surface area is 184 Å². The number of fused-ring (bicyclic) bond motifs is 3. The zero-order chi connectivity index (χ0) is 21.5. The van der Waals surface area contributed by atoms with E-state index in [-0.39, 0.29) is 23.3 Å². The number of rotatable bonds is 6. The number of methoxy groups -OCH3 is 1. The Morgan fingerprint density at radius 2 is 2.07 bits per heavy atom. The first-order chi connectivity index (χ1) is 14.3. The van der Waals surface area contributed by atoms with Crippen LogP contribution in [0.3, 0.4) is 0 Å². The Kier molecular flexibility index (Phi) is 5.67. The fourth-order valence-corrected chi connectivity index (χ4v) is 6.22. The summed E-state index contributed by atoms with van der Waals surface area (Å²) >= 11 is 3.40. The largest absolute Gasteiger partial charge is 0.497 e. The second-order valence-electron chi connectivity index (χ2n) is 7.80. The second-order valence-corrected chi connectivity index (χ2v) is 10.5. The summed E-state index contributed by atoms with van der Waals surface area (Å²) in [4.78, 5) is 0.179. The predicted molar refractivity (Wildman–Crippen MR) is 119 cm³/mol. The van der Waals surface area contributed by atoms with Crippen molar-refractivity contribution < 1.29 is 17.5 Å². The topological polar surface area (TPSA) is 67.4 Å². The number of nitrogens with one attached hydrogen (secondary N) is 2. The maximum atomic E-state index is 14.6. The van der Waals surface area contributed by atoms with E-state index in [0.29, 0.717) is 22.3 Å². The summed E-state index contributed by atoms with van der Waals surface area (Å²) in [7, 11) is -2.14. The normalized spacial score (nSPS) is 22.9. The summed E-state index contributed by atoms with van der Waals surface area (Å²) in [6, 6.07) is 9.64. The van der Waals surface area contributed by atoms with Crippen LogP contribution >= 0.6 is 15.9 Å². The van der Waals surface area contributed by atoms with Crippen LogP contribution in [0.25, 0.3) is 0 Å². The van der Waals surface area contributed by atoms with Gasteiger partial charge in [-0.2, -0.15) is 0 Å². The summed E-state index contributed by atoms with van der Waals surface area (Å²) in [5.74, 6) is 0.287. The lowest BCUT2D eigenvalue weighted by molar-refractivity contribution is 0.344. The molecule has 1 saturated carbocycles. The molecule has 2 N–H and O–H groups in total. The molecule has 8 heteroatoms. The van der Waals surface area contributed by atoms with Crippen molar-refractivity contribution >= 4 is 31.6 Å². The van der Waals surface area contributed by atoms with Gasteiger partial charge in [-0.05, 0) is 67.6 Å². The van der Waals surface area contributed by atoms with Crippen molar-refractivity contribution in [2.24, 2.45) is 0 Å². The SMILES string of the molecule is C=C1CCC[C@@H]2Nc3c(F)cc(Br)cc3[C@]12CCNS(=O)(=O)c1ccc(OC)cc1. The molecule has 5 nitrogen and oxygen atoms in total. The highest BCUT2D eigenvalue weighted by Crippen LogP contribution is 2.54. The number of halogens is 2. The molecule has 2 atom stereocenters. The second kappa shape index (κ2) is 7.98. The van der Waals surface area contributed by atoms with Gasteiger partial charge in [0.25, 0.3) is 0 Å². The van der Waals surface area contributed by atoms with E-state index in [1.807, 2.05) is 6.07 Å². The fourth-order valence-electron chi connectivity index (χ4n) is 4.76. The summed E-state index contributed by atoms with van der Waals surface area (Å²) in [5.41, 5.74) is 1.88. The van der Waals surface area contributed by atoms with E-state index in [1.54, 1.807) is 12.1 Å². The molecule has 0 spiro atoms. The lowest BCUT2D eigenvalue weighted by Gasteiger charge is -2.42. The van der Waals surface area contributed by atoms with Crippen molar-refractivity contribution in [2.75, 3.05) is 19.0 Å². The van der Waals surface area contributed by atoms with Crippen molar-refractivity contribution in [3.8, 4) is 5.75 Å². The molecule has 4 rings (SSSR count). The van der Waals surface area contributed by atoms with Gasteiger partial charge in [-0.25, -0.2) is 17.5 Å². The van der Waals surface area contributed by atoms with E-state index in [1.165, 1.54) is 25.3 Å². The first-order valence-electron chi connectivity index (χ1n) is 9.86. The molecule has 0 unspecified atom stereocenters. The van der Waals surface area contributed by atoms with Gasteiger partial charge in [0.05, 0.1) is 17.7 Å². The number of sulfonamides is 1. The molecule has 0 saturated heterocycles. The number of hydrogen-bond acceptors (Lipinski definition) is 4. The Bertz CT molecular complexity index is 1090. The van der Waals surface area contributed by atoms with E-state index >= 15 is 0 Å². The molecule has 30 heavy (non-hydrogen) atoms. The molecule has 160 valence electrons. The molecule has 2 aromatic carbocycles. The van der Waals surface area contributed by atoms with Gasteiger partial charge in [0, 0.05) is 22.5 Å². The van der Waals surface area contributed by atoms with Gasteiger partial charge in [-0.15, -0.1) is 0 Å². The number of ether oxygens (including phenoxy) is 1. The van der Waals surface area contributed by atoms with Gasteiger partial charge in [0.15, 0.2) is 0 Å². The lowest BCUT2D eigenvalue weighted by Crippen LogP contribution is -2.45. The van der Waals surface area contributed by atoms with Crippen LogP contribution in [0.4, 0.5) is 10.1 Å². The van der Waals surface area contributed by atoms with Crippen LogP contribution in [0, 0.1) is 5.82 Å². The zero-order valence-electron chi connectivity index (χ0n) is 16.7. The third-order valence-electron chi connectivity index (χ3n) is 6.23. The van der Waals surface area contributed by atoms with Crippen LogP contribution in [-0.2, 0) is 15.4 Å². The van der Waals surface area contributed by atoms with Crippen LogP contribution < -0.4 is 14.8 Å². The van der Waals surface area contributed by atoms with Crippen LogP contribution in [0.2, 0.25) is 0 Å². The molecular weight excluding hydrogens is 471 g/mol. The zero-order valence-corrected chi connectivity index (χ0v) is 19.1.